The zero-order valence-electron chi connectivity index (χ0n) is 8.63. The van der Waals surface area contributed by atoms with Gasteiger partial charge in [0.05, 0.1) is 13.0 Å². The summed E-state index contributed by atoms with van der Waals surface area (Å²) in [6.45, 7) is 2.45. The van der Waals surface area contributed by atoms with Gasteiger partial charge in [0.2, 0.25) is 0 Å². The molecule has 6 heteroatoms. The summed E-state index contributed by atoms with van der Waals surface area (Å²) >= 11 is 0. The van der Waals surface area contributed by atoms with E-state index in [-0.39, 0.29) is 6.42 Å². The molecule has 1 unspecified atom stereocenters. The Labute approximate surface area is 87.3 Å². The lowest BCUT2D eigenvalue weighted by molar-refractivity contribution is -0.137. The monoisotopic (exact) mass is 210 g/mol. The van der Waals surface area contributed by atoms with Gasteiger partial charge in [-0.25, -0.2) is 4.68 Å². The molecule has 1 aromatic heterocycles. The third-order valence-electron chi connectivity index (χ3n) is 2.83. The van der Waals surface area contributed by atoms with E-state index in [4.69, 9.17) is 5.11 Å². The smallest absolute Gasteiger partial charge is 0.305 e. The zero-order chi connectivity index (χ0) is 10.8. The number of carboxylic acid groups (broad SMARTS) is 1. The highest BCUT2D eigenvalue weighted by atomic mass is 16.4. The Kier molecular flexibility index (Phi) is 2.66. The third-order valence-corrected chi connectivity index (χ3v) is 2.83. The SMILES string of the molecule is CC(c1nnnn1CCC(=O)O)C1CC1. The number of carbonyl (C=O) groups is 1. The van der Waals surface area contributed by atoms with Crippen molar-refractivity contribution in [2.24, 2.45) is 5.92 Å². The standard InChI is InChI=1S/C9H14N4O2/c1-6(7-2-3-7)9-10-11-12-13(9)5-4-8(14)15/h6-7H,2-5H2,1H3,(H,14,15). The van der Waals surface area contributed by atoms with Crippen molar-refractivity contribution >= 4 is 5.97 Å². The van der Waals surface area contributed by atoms with Crippen LogP contribution in [0.25, 0.3) is 0 Å². The van der Waals surface area contributed by atoms with Gasteiger partial charge in [0.15, 0.2) is 5.82 Å². The number of carboxylic acids is 1. The van der Waals surface area contributed by atoms with Gasteiger partial charge in [-0.05, 0) is 29.2 Å². The lowest BCUT2D eigenvalue weighted by Gasteiger charge is -2.08. The van der Waals surface area contributed by atoms with Crippen molar-refractivity contribution < 1.29 is 9.90 Å². The molecular formula is C9H14N4O2. The predicted octanol–water partition coefficient (Wildman–Crippen LogP) is 0.661. The number of aryl methyl sites for hydroxylation is 1. The van der Waals surface area contributed by atoms with Gasteiger partial charge in [0.25, 0.3) is 0 Å². The normalized spacial score (nSPS) is 17.7. The van der Waals surface area contributed by atoms with Gasteiger partial charge in [-0.3, -0.25) is 4.79 Å². The average Bonchev–Trinajstić information content (AvgIpc) is 2.93. The first-order valence-electron chi connectivity index (χ1n) is 5.16. The lowest BCUT2D eigenvalue weighted by atomic mass is 10.1. The van der Waals surface area contributed by atoms with Crippen molar-refractivity contribution in [2.45, 2.75) is 38.6 Å². The van der Waals surface area contributed by atoms with Gasteiger partial charge in [-0.1, -0.05) is 6.92 Å². The van der Waals surface area contributed by atoms with Crippen molar-refractivity contribution in [3.8, 4) is 0 Å². The van der Waals surface area contributed by atoms with Crippen LogP contribution in [0.2, 0.25) is 0 Å². The number of hydrogen-bond donors (Lipinski definition) is 1. The summed E-state index contributed by atoms with van der Waals surface area (Å²) in [5.74, 6) is 1.02. The van der Waals surface area contributed by atoms with Crippen LogP contribution in [0.15, 0.2) is 0 Å². The highest BCUT2D eigenvalue weighted by Crippen LogP contribution is 2.41. The minimum atomic E-state index is -0.824. The molecule has 1 aromatic rings. The highest BCUT2D eigenvalue weighted by Gasteiger charge is 2.32. The first kappa shape index (κ1) is 10.1. The second-order valence-corrected chi connectivity index (χ2v) is 4.03. The maximum Gasteiger partial charge on any atom is 0.305 e. The Hall–Kier alpha value is -1.46. The molecule has 0 radical (unpaired) electrons. The summed E-state index contributed by atoms with van der Waals surface area (Å²) in [4.78, 5) is 10.4. The van der Waals surface area contributed by atoms with Crippen molar-refractivity contribution in [3.63, 3.8) is 0 Å². The molecule has 1 heterocycles. The van der Waals surface area contributed by atoms with Crippen molar-refractivity contribution in [2.75, 3.05) is 0 Å². The van der Waals surface area contributed by atoms with Crippen LogP contribution < -0.4 is 0 Å². The highest BCUT2D eigenvalue weighted by molar-refractivity contribution is 5.66. The fraction of sp³-hybridized carbons (Fsp3) is 0.778. The topological polar surface area (TPSA) is 80.9 Å². The number of aliphatic carboxylic acids is 1. The van der Waals surface area contributed by atoms with E-state index < -0.39 is 5.97 Å². The van der Waals surface area contributed by atoms with Crippen LogP contribution in [0, 0.1) is 5.92 Å². The molecule has 1 fully saturated rings. The molecule has 1 saturated carbocycles. The van der Waals surface area contributed by atoms with Crippen LogP contribution in [0.5, 0.6) is 0 Å². The van der Waals surface area contributed by atoms with Gasteiger partial charge in [0.1, 0.15) is 0 Å². The van der Waals surface area contributed by atoms with Crippen LogP contribution in [0.3, 0.4) is 0 Å². The van der Waals surface area contributed by atoms with E-state index in [1.807, 2.05) is 0 Å². The molecule has 2 rings (SSSR count). The molecule has 0 spiro atoms. The lowest BCUT2D eigenvalue weighted by Crippen LogP contribution is -2.12. The summed E-state index contributed by atoms with van der Waals surface area (Å²) in [5.41, 5.74) is 0. The van der Waals surface area contributed by atoms with E-state index in [2.05, 4.69) is 22.4 Å². The summed E-state index contributed by atoms with van der Waals surface area (Å²) in [6, 6.07) is 0. The van der Waals surface area contributed by atoms with Crippen LogP contribution in [-0.4, -0.2) is 31.3 Å². The van der Waals surface area contributed by atoms with Crippen molar-refractivity contribution in [1.82, 2.24) is 20.2 Å². The summed E-state index contributed by atoms with van der Waals surface area (Å²) in [7, 11) is 0. The number of rotatable bonds is 5. The largest absolute Gasteiger partial charge is 0.481 e. The van der Waals surface area contributed by atoms with Crippen molar-refractivity contribution in [3.05, 3.63) is 5.82 Å². The number of hydrogen-bond acceptors (Lipinski definition) is 4. The van der Waals surface area contributed by atoms with Crippen LogP contribution in [0.4, 0.5) is 0 Å². The molecule has 1 N–H and O–H groups in total. The maximum atomic E-state index is 10.4. The molecule has 0 amide bonds. The molecule has 82 valence electrons. The number of tetrazole rings is 1. The molecule has 1 aliphatic carbocycles. The molecule has 1 atom stereocenters. The average molecular weight is 210 g/mol. The summed E-state index contributed by atoms with van der Waals surface area (Å²) in [5, 5.41) is 20.0. The van der Waals surface area contributed by atoms with Crippen molar-refractivity contribution in [1.29, 1.82) is 0 Å². The Morgan fingerprint density at radius 1 is 1.67 bits per heavy atom. The van der Waals surface area contributed by atoms with Gasteiger partial charge in [-0.15, -0.1) is 5.10 Å². The number of aromatic nitrogens is 4. The van der Waals surface area contributed by atoms with E-state index >= 15 is 0 Å². The molecule has 0 saturated heterocycles. The molecule has 0 aliphatic heterocycles. The molecule has 0 bridgehead atoms. The summed E-state index contributed by atoms with van der Waals surface area (Å²) in [6.07, 6.45) is 2.52. The van der Waals surface area contributed by atoms with Crippen LogP contribution >= 0.6 is 0 Å². The molecule has 15 heavy (non-hydrogen) atoms. The van der Waals surface area contributed by atoms with Crippen LogP contribution in [-0.2, 0) is 11.3 Å². The summed E-state index contributed by atoms with van der Waals surface area (Å²) < 4.78 is 1.61. The van der Waals surface area contributed by atoms with E-state index in [1.165, 1.54) is 12.8 Å². The fourth-order valence-electron chi connectivity index (χ4n) is 1.71. The maximum absolute atomic E-state index is 10.4. The van der Waals surface area contributed by atoms with Gasteiger partial charge >= 0.3 is 5.97 Å². The first-order valence-corrected chi connectivity index (χ1v) is 5.16. The fourth-order valence-corrected chi connectivity index (χ4v) is 1.71. The van der Waals surface area contributed by atoms with Crippen LogP contribution in [0.1, 0.15) is 37.9 Å². The Balaban J connectivity index is 2.03. The van der Waals surface area contributed by atoms with E-state index in [0.29, 0.717) is 18.4 Å². The third kappa shape index (κ3) is 2.31. The molecule has 6 nitrogen and oxygen atoms in total. The zero-order valence-corrected chi connectivity index (χ0v) is 8.63. The van der Waals surface area contributed by atoms with E-state index in [1.54, 1.807) is 4.68 Å². The first-order chi connectivity index (χ1) is 7.18. The molecular weight excluding hydrogens is 196 g/mol. The quantitative estimate of drug-likeness (QED) is 0.772. The Morgan fingerprint density at radius 3 is 3.00 bits per heavy atom. The van der Waals surface area contributed by atoms with Gasteiger partial charge in [0, 0.05) is 5.92 Å². The number of nitrogens with zero attached hydrogens (tertiary/aromatic N) is 4. The Morgan fingerprint density at radius 2 is 2.40 bits per heavy atom. The van der Waals surface area contributed by atoms with Gasteiger partial charge < -0.3 is 5.11 Å². The second-order valence-electron chi connectivity index (χ2n) is 4.03. The van der Waals surface area contributed by atoms with Gasteiger partial charge in [-0.2, -0.15) is 0 Å². The minimum absolute atomic E-state index is 0.0649. The minimum Gasteiger partial charge on any atom is -0.481 e. The molecule has 0 aromatic carbocycles. The predicted molar refractivity (Wildman–Crippen MR) is 51.2 cm³/mol. The molecule has 1 aliphatic rings. The second kappa shape index (κ2) is 3.96. The van der Waals surface area contributed by atoms with E-state index in [9.17, 15) is 4.79 Å². The van der Waals surface area contributed by atoms with E-state index in [0.717, 1.165) is 5.82 Å². The Bertz CT molecular complexity index is 359.